The minimum Gasteiger partial charge on any atom is -0.479 e. The average Bonchev–Trinajstić information content (AvgIpc) is 2.93. The molecule has 0 spiro atoms. The molecule has 10 nitrogen and oxygen atoms in total. The maximum atomic E-state index is 12.2. The molecule has 0 radical (unpaired) electrons. The molecule has 10 heteroatoms. The van der Waals surface area contributed by atoms with Crippen molar-refractivity contribution in [2.24, 2.45) is 7.05 Å². The SMILES string of the molecule is COc1nc(CNC(=O)c2cn(C)nc2OC)nc(N(C)C)n1. The van der Waals surface area contributed by atoms with Crippen molar-refractivity contribution in [2.45, 2.75) is 6.54 Å². The molecule has 23 heavy (non-hydrogen) atoms. The van der Waals surface area contributed by atoms with Gasteiger partial charge < -0.3 is 19.7 Å². The minimum atomic E-state index is -0.333. The largest absolute Gasteiger partial charge is 0.479 e. The number of amides is 1. The van der Waals surface area contributed by atoms with Gasteiger partial charge in [0.2, 0.25) is 11.8 Å². The molecule has 0 fully saturated rings. The van der Waals surface area contributed by atoms with E-state index in [1.807, 2.05) is 0 Å². The van der Waals surface area contributed by atoms with Gasteiger partial charge in [-0.15, -0.1) is 5.10 Å². The molecule has 1 amide bonds. The lowest BCUT2D eigenvalue weighted by Gasteiger charge is -2.12. The second kappa shape index (κ2) is 6.90. The summed E-state index contributed by atoms with van der Waals surface area (Å²) >= 11 is 0. The smallest absolute Gasteiger partial charge is 0.321 e. The Labute approximate surface area is 133 Å². The number of hydrogen-bond donors (Lipinski definition) is 1. The predicted octanol–water partition coefficient (Wildman–Crippen LogP) is -0.382. The van der Waals surface area contributed by atoms with E-state index in [1.54, 1.807) is 32.2 Å². The number of nitrogens with one attached hydrogen (secondary N) is 1. The van der Waals surface area contributed by atoms with Gasteiger partial charge in [0.1, 0.15) is 5.56 Å². The third-order valence-corrected chi connectivity index (χ3v) is 2.87. The standard InChI is InChI=1S/C13H19N7O3/c1-19(2)12-15-9(16-13(17-12)23-5)6-14-10(21)8-7-20(3)18-11(8)22-4/h7H,6H2,1-5H3,(H,14,21). The molecule has 2 heterocycles. The Balaban J connectivity index is 2.13. The Morgan fingerprint density at radius 2 is 2.00 bits per heavy atom. The van der Waals surface area contributed by atoms with Crippen molar-refractivity contribution >= 4 is 11.9 Å². The highest BCUT2D eigenvalue weighted by Crippen LogP contribution is 2.15. The summed E-state index contributed by atoms with van der Waals surface area (Å²) in [5.41, 5.74) is 0.337. The van der Waals surface area contributed by atoms with E-state index < -0.39 is 0 Å². The van der Waals surface area contributed by atoms with Crippen LogP contribution < -0.4 is 19.7 Å². The van der Waals surface area contributed by atoms with E-state index in [-0.39, 0.29) is 24.3 Å². The van der Waals surface area contributed by atoms with Crippen molar-refractivity contribution in [2.75, 3.05) is 33.2 Å². The Morgan fingerprint density at radius 3 is 2.61 bits per heavy atom. The van der Waals surface area contributed by atoms with Gasteiger partial charge in [0, 0.05) is 27.3 Å². The normalized spacial score (nSPS) is 10.3. The predicted molar refractivity (Wildman–Crippen MR) is 81.6 cm³/mol. The van der Waals surface area contributed by atoms with E-state index in [0.717, 1.165) is 0 Å². The van der Waals surface area contributed by atoms with Crippen LogP contribution in [0.3, 0.4) is 0 Å². The topological polar surface area (TPSA) is 107 Å². The Bertz CT molecular complexity index is 699. The lowest BCUT2D eigenvalue weighted by Crippen LogP contribution is -2.25. The molecular weight excluding hydrogens is 302 g/mol. The Morgan fingerprint density at radius 1 is 1.26 bits per heavy atom. The van der Waals surface area contributed by atoms with Crippen LogP contribution >= 0.6 is 0 Å². The fourth-order valence-corrected chi connectivity index (χ4v) is 1.79. The van der Waals surface area contributed by atoms with Crippen molar-refractivity contribution in [1.29, 1.82) is 0 Å². The van der Waals surface area contributed by atoms with Crippen molar-refractivity contribution in [3.05, 3.63) is 17.6 Å². The van der Waals surface area contributed by atoms with Gasteiger partial charge in [-0.25, -0.2) is 0 Å². The van der Waals surface area contributed by atoms with Crippen LogP contribution in [0.2, 0.25) is 0 Å². The summed E-state index contributed by atoms with van der Waals surface area (Å²) in [5.74, 6) is 0.754. The quantitative estimate of drug-likeness (QED) is 0.767. The van der Waals surface area contributed by atoms with Crippen LogP contribution in [-0.4, -0.2) is 59.0 Å². The van der Waals surface area contributed by atoms with Gasteiger partial charge in [0.25, 0.3) is 5.91 Å². The number of anilines is 1. The summed E-state index contributed by atoms with van der Waals surface area (Å²) in [7, 11) is 8.24. The fourth-order valence-electron chi connectivity index (χ4n) is 1.79. The zero-order valence-electron chi connectivity index (χ0n) is 13.7. The van der Waals surface area contributed by atoms with Crippen LogP contribution in [-0.2, 0) is 13.6 Å². The third-order valence-electron chi connectivity index (χ3n) is 2.87. The molecule has 0 saturated heterocycles. The van der Waals surface area contributed by atoms with Crippen molar-refractivity contribution in [1.82, 2.24) is 30.0 Å². The van der Waals surface area contributed by atoms with Crippen LogP contribution in [0, 0.1) is 0 Å². The number of aryl methyl sites for hydroxylation is 1. The first-order valence-corrected chi connectivity index (χ1v) is 6.76. The fraction of sp³-hybridized carbons (Fsp3) is 0.462. The molecule has 2 rings (SSSR count). The van der Waals surface area contributed by atoms with E-state index in [4.69, 9.17) is 9.47 Å². The second-order valence-corrected chi connectivity index (χ2v) is 4.84. The molecule has 0 unspecified atom stereocenters. The van der Waals surface area contributed by atoms with E-state index in [9.17, 15) is 4.79 Å². The van der Waals surface area contributed by atoms with Gasteiger partial charge in [-0.05, 0) is 0 Å². The molecule has 0 aliphatic rings. The maximum absolute atomic E-state index is 12.2. The van der Waals surface area contributed by atoms with Crippen LogP contribution in [0.1, 0.15) is 16.2 Å². The first-order valence-electron chi connectivity index (χ1n) is 6.76. The van der Waals surface area contributed by atoms with Gasteiger partial charge in [0.05, 0.1) is 20.8 Å². The number of rotatable bonds is 6. The number of hydrogen-bond acceptors (Lipinski definition) is 8. The third kappa shape index (κ3) is 3.84. The highest BCUT2D eigenvalue weighted by Gasteiger charge is 2.17. The van der Waals surface area contributed by atoms with Gasteiger partial charge in [0.15, 0.2) is 5.82 Å². The van der Waals surface area contributed by atoms with Gasteiger partial charge >= 0.3 is 6.01 Å². The van der Waals surface area contributed by atoms with Crippen LogP contribution in [0.25, 0.3) is 0 Å². The lowest BCUT2D eigenvalue weighted by molar-refractivity contribution is 0.0946. The molecule has 124 valence electrons. The van der Waals surface area contributed by atoms with Crippen LogP contribution in [0.5, 0.6) is 11.9 Å². The van der Waals surface area contributed by atoms with E-state index >= 15 is 0 Å². The molecule has 2 aromatic heterocycles. The molecule has 0 bridgehead atoms. The van der Waals surface area contributed by atoms with Crippen molar-refractivity contribution in [3.63, 3.8) is 0 Å². The summed E-state index contributed by atoms with van der Waals surface area (Å²) in [5, 5.41) is 6.76. The van der Waals surface area contributed by atoms with Crippen LogP contribution in [0.15, 0.2) is 6.20 Å². The molecule has 0 saturated carbocycles. The summed E-state index contributed by atoms with van der Waals surface area (Å²) in [4.78, 5) is 26.4. The molecule has 0 atom stereocenters. The van der Waals surface area contributed by atoms with Crippen molar-refractivity contribution in [3.8, 4) is 11.9 Å². The second-order valence-electron chi connectivity index (χ2n) is 4.84. The lowest BCUT2D eigenvalue weighted by atomic mass is 10.3. The number of methoxy groups -OCH3 is 2. The zero-order chi connectivity index (χ0) is 17.0. The molecule has 2 aromatic rings. The van der Waals surface area contributed by atoms with Crippen LogP contribution in [0.4, 0.5) is 5.95 Å². The average molecular weight is 321 g/mol. The van der Waals surface area contributed by atoms with Gasteiger partial charge in [-0.1, -0.05) is 0 Å². The summed E-state index contributed by atoms with van der Waals surface area (Å²) in [6, 6.07) is 0.187. The van der Waals surface area contributed by atoms with Gasteiger partial charge in [-0.3, -0.25) is 9.48 Å². The monoisotopic (exact) mass is 321 g/mol. The van der Waals surface area contributed by atoms with Gasteiger partial charge in [-0.2, -0.15) is 15.0 Å². The number of ether oxygens (including phenoxy) is 2. The summed E-state index contributed by atoms with van der Waals surface area (Å²) < 4.78 is 11.6. The minimum absolute atomic E-state index is 0.122. The first-order chi connectivity index (χ1) is 10.9. The number of carbonyl (C=O) groups excluding carboxylic acids is 1. The highest BCUT2D eigenvalue weighted by atomic mass is 16.5. The van der Waals surface area contributed by atoms with Crippen molar-refractivity contribution < 1.29 is 14.3 Å². The Kier molecular flexibility index (Phi) is 4.94. The molecule has 0 aliphatic carbocycles. The summed E-state index contributed by atoms with van der Waals surface area (Å²) in [6.07, 6.45) is 1.58. The maximum Gasteiger partial charge on any atom is 0.321 e. The summed E-state index contributed by atoms with van der Waals surface area (Å²) in [6.45, 7) is 0.122. The van der Waals surface area contributed by atoms with E-state index in [2.05, 4.69) is 25.4 Å². The Hall–Kier alpha value is -2.91. The molecule has 0 aromatic carbocycles. The molecular formula is C13H19N7O3. The van der Waals surface area contributed by atoms with E-state index in [0.29, 0.717) is 17.3 Å². The molecule has 0 aliphatic heterocycles. The number of aromatic nitrogens is 5. The zero-order valence-corrected chi connectivity index (χ0v) is 13.7. The highest BCUT2D eigenvalue weighted by molar-refractivity contribution is 5.96. The first kappa shape index (κ1) is 16.5. The van der Waals surface area contributed by atoms with E-state index in [1.165, 1.54) is 18.9 Å². The molecule has 1 N–H and O–H groups in total. The number of nitrogens with zero attached hydrogens (tertiary/aromatic N) is 6. The number of carbonyl (C=O) groups is 1.